The van der Waals surface area contributed by atoms with Crippen LogP contribution in [0.25, 0.3) is 0 Å². The van der Waals surface area contributed by atoms with Crippen LogP contribution in [0.3, 0.4) is 0 Å². The minimum absolute atomic E-state index is 0. The van der Waals surface area contributed by atoms with Crippen LogP contribution < -0.4 is 20.7 Å². The second-order valence-corrected chi connectivity index (χ2v) is 32.1. The number of hydrogen-bond acceptors (Lipinski definition) is 0. The van der Waals surface area contributed by atoms with E-state index >= 15 is 0 Å². The van der Waals surface area contributed by atoms with Gasteiger partial charge in [-0.2, -0.15) is 34.6 Å². The smallest absolute Gasteiger partial charge is 0.358 e. The van der Waals surface area contributed by atoms with E-state index in [1.54, 1.807) is 20.7 Å². The van der Waals surface area contributed by atoms with Gasteiger partial charge in [0.05, 0.1) is 0 Å². The Morgan fingerprint density at radius 3 is 0.839 bits per heavy atom. The number of halogens is 2. The van der Waals surface area contributed by atoms with E-state index in [1.165, 1.54) is 0 Å². The molecule has 2 aromatic carbocycles. The quantitative estimate of drug-likeness (QED) is 0.265. The van der Waals surface area contributed by atoms with Crippen LogP contribution in [0.15, 0.2) is 36.4 Å². The molecule has 7 heteroatoms. The van der Waals surface area contributed by atoms with Gasteiger partial charge in [0, 0.05) is 32.3 Å². The molecule has 0 nitrogen and oxygen atoms in total. The Morgan fingerprint density at radius 2 is 0.742 bits per heavy atom. The molecular formula is C24H50Cl2Si4Zr. The molecule has 0 N–H and O–H groups in total. The van der Waals surface area contributed by atoms with Crippen molar-refractivity contribution in [3.05, 3.63) is 51.3 Å². The molecule has 0 saturated heterocycles. The van der Waals surface area contributed by atoms with Gasteiger partial charge >= 0.3 is 26.2 Å². The summed E-state index contributed by atoms with van der Waals surface area (Å²) < 4.78 is 0. The zero-order chi connectivity index (χ0) is 20.6. The molecule has 31 heavy (non-hydrogen) atoms. The van der Waals surface area contributed by atoms with Crippen LogP contribution in [0.4, 0.5) is 0 Å². The van der Waals surface area contributed by atoms with Gasteiger partial charge in [-0.1, -0.05) is 78.6 Å². The summed E-state index contributed by atoms with van der Waals surface area (Å²) in [4.78, 5) is 0. The third-order valence-electron chi connectivity index (χ3n) is 4.97. The molecule has 0 aliphatic carbocycles. The summed E-state index contributed by atoms with van der Waals surface area (Å²) in [5.74, 6) is 0. The molecular weight excluding hydrogens is 563 g/mol. The van der Waals surface area contributed by atoms with E-state index in [0.29, 0.717) is 0 Å². The molecule has 180 valence electrons. The molecule has 0 aromatic heterocycles. The molecule has 0 atom stereocenters. The molecule has 0 unspecified atom stereocenters. The van der Waals surface area contributed by atoms with Crippen LogP contribution in [0.1, 0.15) is 0 Å². The van der Waals surface area contributed by atoms with Gasteiger partial charge in [-0.15, -0.1) is 24.8 Å². The van der Waals surface area contributed by atoms with Gasteiger partial charge in [-0.05, 0) is 0 Å². The van der Waals surface area contributed by atoms with E-state index < -0.39 is 32.3 Å². The summed E-state index contributed by atoms with van der Waals surface area (Å²) in [5, 5.41) is 6.46. The maximum absolute atomic E-state index is 2.46. The monoisotopic (exact) mass is 610 g/mol. The van der Waals surface area contributed by atoms with Gasteiger partial charge in [0.25, 0.3) is 0 Å². The molecule has 0 bridgehead atoms. The fourth-order valence-corrected chi connectivity index (χ4v) is 7.73. The van der Waals surface area contributed by atoms with Crippen LogP contribution in [-0.2, 0) is 26.2 Å². The van der Waals surface area contributed by atoms with Crippen molar-refractivity contribution in [3.63, 3.8) is 0 Å². The molecule has 0 aliphatic rings. The van der Waals surface area contributed by atoms with Crippen LogP contribution in [0.2, 0.25) is 78.6 Å². The molecule has 0 aliphatic heterocycles. The second-order valence-electron chi connectivity index (χ2n) is 11.8. The van der Waals surface area contributed by atoms with Crippen molar-refractivity contribution >= 4 is 77.9 Å². The Morgan fingerprint density at radius 1 is 0.516 bits per heavy atom. The van der Waals surface area contributed by atoms with Gasteiger partial charge in [0.1, 0.15) is 0 Å². The van der Waals surface area contributed by atoms with Gasteiger partial charge in [-0.3, -0.25) is 0 Å². The first-order valence-corrected chi connectivity index (χ1v) is 24.0. The Balaban J connectivity index is -0.000000125. The van der Waals surface area contributed by atoms with E-state index in [0.717, 1.165) is 0 Å². The van der Waals surface area contributed by atoms with Crippen molar-refractivity contribution in [2.45, 2.75) is 78.6 Å². The molecule has 2 aromatic rings. The topological polar surface area (TPSA) is 0 Å². The normalized spacial score (nSPS) is 11.2. The summed E-state index contributed by atoms with van der Waals surface area (Å²) >= 11 is 0. The number of rotatable bonds is 4. The zero-order valence-electron chi connectivity index (χ0n) is 22.8. The summed E-state index contributed by atoms with van der Waals surface area (Å²) in [6.07, 6.45) is 0. The van der Waals surface area contributed by atoms with Crippen molar-refractivity contribution in [2.24, 2.45) is 0 Å². The maximum Gasteiger partial charge on any atom is 4.00 e. The standard InChI is InChI=1S/2C11H21Si2.2CH3.2ClH.Zr/c2*1-12(2,3)10-7-8-11(9-10)13(4,5)6;;;;;/h2*7-9H,1-6H3;2*1H3;2*1H;/q4*-1;;;+4. The SMILES string of the molecule is C[Si](C)(C)c1cc[c-]([Si](C)(C)C)c1.C[Si](C)(C)c1cc[c-]([Si](C)(C)C)c1.Cl.Cl.[CH3-].[CH3-].[Zr+4]. The van der Waals surface area contributed by atoms with E-state index in [1.807, 2.05) is 0 Å². The number of hydrogen-bond donors (Lipinski definition) is 0. The molecule has 0 saturated carbocycles. The van der Waals surface area contributed by atoms with Gasteiger partial charge in [0.15, 0.2) is 0 Å². The average Bonchev–Trinajstić information content (AvgIpc) is 3.06. The molecule has 0 amide bonds. The molecule has 0 spiro atoms. The van der Waals surface area contributed by atoms with E-state index in [2.05, 4.69) is 115 Å². The molecule has 0 heterocycles. The maximum atomic E-state index is 2.46. The van der Waals surface area contributed by atoms with E-state index in [9.17, 15) is 0 Å². The summed E-state index contributed by atoms with van der Waals surface area (Å²) in [7, 11) is -4.28. The van der Waals surface area contributed by atoms with Crippen molar-refractivity contribution in [1.29, 1.82) is 0 Å². The fraction of sp³-hybridized carbons (Fsp3) is 0.500. The van der Waals surface area contributed by atoms with Crippen molar-refractivity contribution in [2.75, 3.05) is 0 Å². The molecule has 2 rings (SSSR count). The van der Waals surface area contributed by atoms with Crippen molar-refractivity contribution in [3.8, 4) is 0 Å². The second kappa shape index (κ2) is 15.1. The van der Waals surface area contributed by atoms with Crippen LogP contribution in [-0.4, -0.2) is 32.3 Å². The Hall–Kier alpha value is 1.03. The Labute approximate surface area is 232 Å². The minimum Gasteiger partial charge on any atom is -0.358 e. The van der Waals surface area contributed by atoms with Crippen LogP contribution >= 0.6 is 24.8 Å². The van der Waals surface area contributed by atoms with Gasteiger partial charge in [-0.25, -0.2) is 22.5 Å². The fourth-order valence-electron chi connectivity index (χ4n) is 2.75. The van der Waals surface area contributed by atoms with Gasteiger partial charge in [0.2, 0.25) is 0 Å². The first kappa shape index (κ1) is 42.2. The minimum atomic E-state index is -1.07. The Bertz CT molecular complexity index is 590. The predicted molar refractivity (Wildman–Crippen MR) is 163 cm³/mol. The average molecular weight is 613 g/mol. The van der Waals surface area contributed by atoms with E-state index in [4.69, 9.17) is 0 Å². The predicted octanol–water partition coefficient (Wildman–Crippen LogP) is 6.73. The zero-order valence-corrected chi connectivity index (χ0v) is 30.9. The Kier molecular flexibility index (Phi) is 20.6. The van der Waals surface area contributed by atoms with E-state index in [-0.39, 0.29) is 65.9 Å². The summed E-state index contributed by atoms with van der Waals surface area (Å²) in [5.41, 5.74) is 0. The summed E-state index contributed by atoms with van der Waals surface area (Å²) in [6, 6.07) is 14.3. The first-order valence-electron chi connectivity index (χ1n) is 9.98. The molecule has 0 fully saturated rings. The summed E-state index contributed by atoms with van der Waals surface area (Å²) in [6.45, 7) is 29.0. The van der Waals surface area contributed by atoms with Crippen molar-refractivity contribution in [1.82, 2.24) is 0 Å². The van der Waals surface area contributed by atoms with Crippen LogP contribution in [0.5, 0.6) is 0 Å². The van der Waals surface area contributed by atoms with Gasteiger partial charge < -0.3 is 14.9 Å². The largest absolute Gasteiger partial charge is 4.00 e. The molecule has 0 radical (unpaired) electrons. The third kappa shape index (κ3) is 14.1. The third-order valence-corrected chi connectivity index (χ3v) is 13.1. The first-order chi connectivity index (χ1) is 11.4. The van der Waals surface area contributed by atoms with Crippen LogP contribution in [0, 0.1) is 14.9 Å². The van der Waals surface area contributed by atoms with Crippen molar-refractivity contribution < 1.29 is 26.2 Å².